The lowest BCUT2D eigenvalue weighted by molar-refractivity contribution is 0.0854. The van der Waals surface area contributed by atoms with Crippen molar-refractivity contribution in [3.8, 4) is 23.0 Å². The van der Waals surface area contributed by atoms with Gasteiger partial charge in [0.1, 0.15) is 37.8 Å². The van der Waals surface area contributed by atoms with E-state index in [1.165, 1.54) is 0 Å². The number of carbonyl (C=O) groups is 2. The Morgan fingerprint density at radius 1 is 0.500 bits per heavy atom. The Morgan fingerprint density at radius 2 is 0.900 bits per heavy atom. The minimum Gasteiger partial charge on any atom is -0.487 e. The van der Waals surface area contributed by atoms with E-state index in [1.807, 2.05) is 72.8 Å². The van der Waals surface area contributed by atoms with Gasteiger partial charge in [0.25, 0.3) is 11.8 Å². The van der Waals surface area contributed by atoms with Gasteiger partial charge in [-0.05, 0) is 63.5 Å². The van der Waals surface area contributed by atoms with E-state index in [4.69, 9.17) is 28.4 Å². The first-order valence-corrected chi connectivity index (χ1v) is 16.5. The van der Waals surface area contributed by atoms with Crippen LogP contribution < -0.4 is 29.6 Å². The van der Waals surface area contributed by atoms with Crippen molar-refractivity contribution in [1.82, 2.24) is 15.6 Å². The summed E-state index contributed by atoms with van der Waals surface area (Å²) < 4.78 is 36.0. The van der Waals surface area contributed by atoms with Gasteiger partial charge >= 0.3 is 0 Å². The van der Waals surface area contributed by atoms with Crippen LogP contribution in [0.1, 0.15) is 21.0 Å². The van der Waals surface area contributed by atoms with Gasteiger partial charge < -0.3 is 39.1 Å². The zero-order valence-corrected chi connectivity index (χ0v) is 27.7. The molecular weight excluding hydrogens is 638 g/mol. The molecule has 0 aliphatic carbocycles. The van der Waals surface area contributed by atoms with E-state index in [9.17, 15) is 9.59 Å². The molecule has 50 heavy (non-hydrogen) atoms. The highest BCUT2D eigenvalue weighted by Crippen LogP contribution is 2.34. The zero-order valence-electron chi connectivity index (χ0n) is 27.7. The summed E-state index contributed by atoms with van der Waals surface area (Å²) in [5, 5.41) is 9.57. The average molecular weight is 678 g/mol. The van der Waals surface area contributed by atoms with Gasteiger partial charge in [0.15, 0.2) is 23.0 Å². The van der Waals surface area contributed by atoms with Crippen molar-refractivity contribution in [3.63, 3.8) is 0 Å². The van der Waals surface area contributed by atoms with Gasteiger partial charge in [0.2, 0.25) is 0 Å². The van der Waals surface area contributed by atoms with Crippen LogP contribution in [-0.2, 0) is 9.47 Å². The lowest BCUT2D eigenvalue weighted by Crippen LogP contribution is -2.31. The molecule has 0 unspecified atom stereocenters. The summed E-state index contributed by atoms with van der Waals surface area (Å²) in [6.07, 6.45) is 0. The van der Waals surface area contributed by atoms with E-state index in [0.29, 0.717) is 28.6 Å². The van der Waals surface area contributed by atoms with Gasteiger partial charge in [-0.25, -0.2) is 4.98 Å². The van der Waals surface area contributed by atoms with E-state index in [2.05, 4.69) is 22.2 Å². The highest BCUT2D eigenvalue weighted by molar-refractivity contribution is 5.96. The number of rotatable bonds is 0. The van der Waals surface area contributed by atoms with Crippen molar-refractivity contribution in [2.45, 2.75) is 0 Å². The number of ether oxygens (including phenoxy) is 6. The second-order valence-corrected chi connectivity index (χ2v) is 11.5. The van der Waals surface area contributed by atoms with Gasteiger partial charge in [-0.15, -0.1) is 0 Å². The predicted octanol–water partition coefficient (Wildman–Crippen LogP) is 5.37. The van der Waals surface area contributed by atoms with Crippen molar-refractivity contribution in [2.75, 3.05) is 65.9 Å². The number of fused-ring (bicyclic) bond motifs is 6. The standard InChI is InChI=1S/C39H39N3O8/c1-27-25-49-36-23-30-9-4-2-7-28(30)21-34(36)47-19-17-45-15-13-40-38(43)32-11-6-12-33(42-32)39(44)41-14-16-46-18-20-48-35-22-29-8-3-5-10-31(29)24-37(35)50-26-27/h2-12,21-24H,1,13-20,25-26H2,(H,40,43)(H,41,44). The Labute approximate surface area is 290 Å². The van der Waals surface area contributed by atoms with Crippen molar-refractivity contribution in [2.24, 2.45) is 0 Å². The van der Waals surface area contributed by atoms with E-state index < -0.39 is 11.8 Å². The zero-order chi connectivity index (χ0) is 34.5. The Bertz CT molecular complexity index is 1830. The van der Waals surface area contributed by atoms with Crippen molar-refractivity contribution in [1.29, 1.82) is 0 Å². The van der Waals surface area contributed by atoms with Gasteiger partial charge in [-0.3, -0.25) is 9.59 Å². The summed E-state index contributed by atoms with van der Waals surface area (Å²) in [5.74, 6) is 1.48. The Morgan fingerprint density at radius 3 is 1.32 bits per heavy atom. The van der Waals surface area contributed by atoms with Gasteiger partial charge in [0, 0.05) is 13.1 Å². The molecule has 0 saturated heterocycles. The van der Waals surface area contributed by atoms with Crippen molar-refractivity contribution >= 4 is 33.4 Å². The molecule has 2 N–H and O–H groups in total. The molecule has 0 fully saturated rings. The number of aromatic nitrogens is 1. The summed E-state index contributed by atoms with van der Waals surface area (Å²) in [5.41, 5.74) is 0.977. The summed E-state index contributed by atoms with van der Waals surface area (Å²) >= 11 is 0. The number of nitrogens with zero attached hydrogens (tertiary/aromatic N) is 1. The molecule has 2 heterocycles. The van der Waals surface area contributed by atoms with Crippen LogP contribution in [0.3, 0.4) is 0 Å². The molecule has 1 aliphatic heterocycles. The van der Waals surface area contributed by atoms with Crippen LogP contribution in [0.5, 0.6) is 23.0 Å². The SMILES string of the molecule is C=C1COc2cc3ccccc3cc2OCCOCCNC(=O)c2cccc(n2)C(=O)NCCOCCOc2cc3ccccc3cc2OC1. The Kier molecular flexibility index (Phi) is 11.7. The molecule has 1 aromatic heterocycles. The summed E-state index contributed by atoms with van der Waals surface area (Å²) in [4.78, 5) is 29.5. The summed E-state index contributed by atoms with van der Waals surface area (Å²) in [7, 11) is 0. The minimum absolute atomic E-state index is 0.131. The van der Waals surface area contributed by atoms with Crippen molar-refractivity contribution in [3.05, 3.63) is 115 Å². The number of nitrogens with one attached hydrogen (secondary N) is 2. The quantitative estimate of drug-likeness (QED) is 0.208. The third-order valence-corrected chi connectivity index (χ3v) is 7.74. The summed E-state index contributed by atoms with van der Waals surface area (Å²) in [6, 6.07) is 28.4. The van der Waals surface area contributed by atoms with Crippen LogP contribution in [0.15, 0.2) is 103 Å². The molecule has 5 aromatic rings. The third-order valence-electron chi connectivity index (χ3n) is 7.74. The number of carbonyl (C=O) groups excluding carboxylic acids is 2. The molecule has 258 valence electrons. The average Bonchev–Trinajstić information content (AvgIpc) is 3.14. The van der Waals surface area contributed by atoms with E-state index in [-0.39, 0.29) is 77.3 Å². The monoisotopic (exact) mass is 677 g/mol. The molecule has 0 saturated carbocycles. The van der Waals surface area contributed by atoms with Crippen LogP contribution in [0.4, 0.5) is 0 Å². The number of hydrogen-bond donors (Lipinski definition) is 2. The van der Waals surface area contributed by atoms with Crippen LogP contribution in [0.2, 0.25) is 0 Å². The van der Waals surface area contributed by atoms with Crippen LogP contribution in [-0.4, -0.2) is 82.7 Å². The molecule has 2 bridgehead atoms. The molecule has 2 amide bonds. The highest BCUT2D eigenvalue weighted by Gasteiger charge is 2.14. The van der Waals surface area contributed by atoms with Crippen LogP contribution in [0, 0.1) is 0 Å². The maximum absolute atomic E-state index is 12.7. The number of amides is 2. The molecule has 0 radical (unpaired) electrons. The first-order chi connectivity index (χ1) is 24.5. The molecule has 6 rings (SSSR count). The molecule has 4 aromatic carbocycles. The maximum atomic E-state index is 12.7. The topological polar surface area (TPSA) is 126 Å². The van der Waals surface area contributed by atoms with Gasteiger partial charge in [-0.1, -0.05) is 61.2 Å². The van der Waals surface area contributed by atoms with E-state index in [0.717, 1.165) is 21.5 Å². The predicted molar refractivity (Wildman–Crippen MR) is 190 cm³/mol. The second-order valence-electron chi connectivity index (χ2n) is 11.5. The van der Waals surface area contributed by atoms with Crippen molar-refractivity contribution < 1.29 is 38.0 Å². The fourth-order valence-corrected chi connectivity index (χ4v) is 5.22. The molecule has 0 spiro atoms. The number of benzene rings is 4. The Hall–Kier alpha value is -5.65. The maximum Gasteiger partial charge on any atom is 0.269 e. The molecule has 0 atom stereocenters. The van der Waals surface area contributed by atoms with E-state index >= 15 is 0 Å². The molecule has 11 heteroatoms. The van der Waals surface area contributed by atoms with Crippen LogP contribution >= 0.6 is 0 Å². The number of pyridine rings is 1. The highest BCUT2D eigenvalue weighted by atomic mass is 16.6. The van der Waals surface area contributed by atoms with Crippen LogP contribution in [0.25, 0.3) is 21.5 Å². The first kappa shape index (κ1) is 34.2. The lowest BCUT2D eigenvalue weighted by atomic mass is 10.1. The Balaban J connectivity index is 1.16. The van der Waals surface area contributed by atoms with E-state index in [1.54, 1.807) is 18.2 Å². The summed E-state index contributed by atoms with van der Waals surface area (Å²) in [6.45, 7) is 6.74. The first-order valence-electron chi connectivity index (χ1n) is 16.5. The molecule has 11 nitrogen and oxygen atoms in total. The fourth-order valence-electron chi connectivity index (χ4n) is 5.22. The number of hydrogen-bond acceptors (Lipinski definition) is 9. The smallest absolute Gasteiger partial charge is 0.269 e. The van der Waals surface area contributed by atoms with Gasteiger partial charge in [-0.2, -0.15) is 0 Å². The second kappa shape index (κ2) is 17.1. The molecular formula is C39H39N3O8. The largest absolute Gasteiger partial charge is 0.487 e. The molecule has 1 aliphatic rings. The normalized spacial score (nSPS) is 16.1. The fraction of sp³-hybridized carbons (Fsp3) is 0.256. The minimum atomic E-state index is -0.407. The third kappa shape index (κ3) is 9.28. The van der Waals surface area contributed by atoms with Gasteiger partial charge in [0.05, 0.1) is 26.4 Å². The lowest BCUT2D eigenvalue weighted by Gasteiger charge is -2.17.